The molecule has 1 aliphatic heterocycles. The maximum atomic E-state index is 13.3. The minimum absolute atomic E-state index is 0.555. The molecular weight excluding hydrogens is 169 g/mol. The van der Waals surface area contributed by atoms with E-state index in [0.29, 0.717) is 13.0 Å². The van der Waals surface area contributed by atoms with Crippen LogP contribution in [0.5, 0.6) is 5.75 Å². The Morgan fingerprint density at radius 3 is 3.15 bits per heavy atom. The van der Waals surface area contributed by atoms with E-state index in [0.717, 1.165) is 17.0 Å². The maximum Gasteiger partial charge on any atom is 0.129 e. The number of methoxy groups -OCH3 is 1. The van der Waals surface area contributed by atoms with Crippen molar-refractivity contribution in [1.29, 1.82) is 0 Å². The molecule has 1 aromatic carbocycles. The van der Waals surface area contributed by atoms with Gasteiger partial charge in [-0.1, -0.05) is 6.07 Å². The quantitative estimate of drug-likeness (QED) is 0.718. The number of benzene rings is 1. The maximum absolute atomic E-state index is 13.3. The lowest BCUT2D eigenvalue weighted by Gasteiger charge is -2.21. The molecule has 1 aliphatic rings. The summed E-state index contributed by atoms with van der Waals surface area (Å²) in [5.74, 6) is 0.764. The Morgan fingerprint density at radius 2 is 2.38 bits per heavy atom. The van der Waals surface area contributed by atoms with Gasteiger partial charge < -0.3 is 10.1 Å². The topological polar surface area (TPSA) is 21.3 Å². The first kappa shape index (κ1) is 8.35. The van der Waals surface area contributed by atoms with Gasteiger partial charge in [0.2, 0.25) is 0 Å². The van der Waals surface area contributed by atoms with Crippen molar-refractivity contribution in [3.8, 4) is 5.75 Å². The van der Waals surface area contributed by atoms with E-state index in [4.69, 9.17) is 4.74 Å². The summed E-state index contributed by atoms with van der Waals surface area (Å²) in [6, 6.07) is 5.41. The van der Waals surface area contributed by atoms with Gasteiger partial charge in [0, 0.05) is 30.3 Å². The molecule has 0 radical (unpaired) electrons. The van der Waals surface area contributed by atoms with Crippen molar-refractivity contribution >= 4 is 5.69 Å². The van der Waals surface area contributed by atoms with Gasteiger partial charge in [0.05, 0.1) is 7.11 Å². The van der Waals surface area contributed by atoms with Crippen LogP contribution < -0.4 is 10.1 Å². The average molecular weight is 181 g/mol. The second kappa shape index (κ2) is 3.24. The third-order valence-electron chi connectivity index (χ3n) is 2.31. The van der Waals surface area contributed by atoms with Crippen molar-refractivity contribution in [3.05, 3.63) is 23.8 Å². The predicted octanol–water partition coefficient (Wildman–Crippen LogP) is 2.52. The van der Waals surface area contributed by atoms with E-state index in [1.54, 1.807) is 19.2 Å². The number of hydrogen-bond donors (Lipinski definition) is 1. The Labute approximate surface area is 76.7 Å². The van der Waals surface area contributed by atoms with Crippen LogP contribution in [0.15, 0.2) is 18.2 Å². The van der Waals surface area contributed by atoms with Gasteiger partial charge in [0.15, 0.2) is 0 Å². The Bertz CT molecular complexity index is 314. The summed E-state index contributed by atoms with van der Waals surface area (Å²) in [5.41, 5.74) is 1.60. The van der Waals surface area contributed by atoms with E-state index < -0.39 is 6.17 Å². The van der Waals surface area contributed by atoms with E-state index in [1.165, 1.54) is 0 Å². The molecule has 0 aliphatic carbocycles. The molecule has 0 spiro atoms. The molecule has 3 heteroatoms. The van der Waals surface area contributed by atoms with Gasteiger partial charge in [0.1, 0.15) is 11.9 Å². The van der Waals surface area contributed by atoms with Crippen LogP contribution in [0.2, 0.25) is 0 Å². The number of nitrogens with one attached hydrogen (secondary N) is 1. The van der Waals surface area contributed by atoms with Gasteiger partial charge in [-0.15, -0.1) is 0 Å². The van der Waals surface area contributed by atoms with Crippen LogP contribution in [0.25, 0.3) is 0 Å². The Balaban J connectivity index is 2.39. The molecule has 1 heterocycles. The largest absolute Gasteiger partial charge is 0.497 e. The van der Waals surface area contributed by atoms with Gasteiger partial charge in [-0.25, -0.2) is 4.39 Å². The van der Waals surface area contributed by atoms with E-state index in [9.17, 15) is 4.39 Å². The molecule has 1 unspecified atom stereocenters. The van der Waals surface area contributed by atoms with Gasteiger partial charge in [-0.2, -0.15) is 0 Å². The lowest BCUT2D eigenvalue weighted by molar-refractivity contribution is 0.324. The standard InChI is InChI=1S/C10H12FNO/c1-13-7-2-3-8-9(11)4-5-12-10(8)6-7/h2-3,6,9,12H,4-5H2,1H3. The SMILES string of the molecule is COc1ccc2c(c1)NCCC2F. The number of fused-ring (bicyclic) bond motifs is 1. The Kier molecular flexibility index (Phi) is 2.08. The highest BCUT2D eigenvalue weighted by Gasteiger charge is 2.18. The summed E-state index contributed by atoms with van der Waals surface area (Å²) >= 11 is 0. The molecule has 1 N–H and O–H groups in total. The molecule has 0 amide bonds. The van der Waals surface area contributed by atoms with Crippen LogP contribution in [0.3, 0.4) is 0 Å². The van der Waals surface area contributed by atoms with E-state index in [-0.39, 0.29) is 0 Å². The lowest BCUT2D eigenvalue weighted by Crippen LogP contribution is -2.13. The van der Waals surface area contributed by atoms with Gasteiger partial charge in [-0.05, 0) is 6.07 Å². The lowest BCUT2D eigenvalue weighted by atomic mass is 10.0. The predicted molar refractivity (Wildman–Crippen MR) is 49.9 cm³/mol. The summed E-state index contributed by atoms with van der Waals surface area (Å²) in [7, 11) is 1.61. The molecule has 2 nitrogen and oxygen atoms in total. The Hall–Kier alpha value is -1.25. The van der Waals surface area contributed by atoms with Crippen molar-refractivity contribution < 1.29 is 9.13 Å². The summed E-state index contributed by atoms with van der Waals surface area (Å²) in [6.45, 7) is 0.696. The molecule has 1 aromatic rings. The fraction of sp³-hybridized carbons (Fsp3) is 0.400. The minimum Gasteiger partial charge on any atom is -0.497 e. The van der Waals surface area contributed by atoms with Gasteiger partial charge >= 0.3 is 0 Å². The molecule has 0 fully saturated rings. The molecule has 13 heavy (non-hydrogen) atoms. The molecule has 0 saturated carbocycles. The van der Waals surface area contributed by atoms with Crippen LogP contribution >= 0.6 is 0 Å². The summed E-state index contributed by atoms with van der Waals surface area (Å²) in [5, 5.41) is 3.15. The number of alkyl halides is 1. The van der Waals surface area contributed by atoms with Gasteiger partial charge in [-0.3, -0.25) is 0 Å². The van der Waals surface area contributed by atoms with Crippen LogP contribution in [-0.4, -0.2) is 13.7 Å². The van der Waals surface area contributed by atoms with Crippen molar-refractivity contribution in [1.82, 2.24) is 0 Å². The first-order chi connectivity index (χ1) is 6.31. The first-order valence-corrected chi connectivity index (χ1v) is 4.37. The third-order valence-corrected chi connectivity index (χ3v) is 2.31. The second-order valence-corrected chi connectivity index (χ2v) is 3.14. The summed E-state index contributed by atoms with van der Waals surface area (Å²) < 4.78 is 18.4. The fourth-order valence-electron chi connectivity index (χ4n) is 1.58. The summed E-state index contributed by atoms with van der Waals surface area (Å²) in [4.78, 5) is 0. The fourth-order valence-corrected chi connectivity index (χ4v) is 1.58. The normalized spacial score (nSPS) is 20.3. The monoisotopic (exact) mass is 181 g/mol. The van der Waals surface area contributed by atoms with Crippen molar-refractivity contribution in [2.75, 3.05) is 19.0 Å². The van der Waals surface area contributed by atoms with Crippen molar-refractivity contribution in [3.63, 3.8) is 0 Å². The van der Waals surface area contributed by atoms with Crippen LogP contribution in [0.1, 0.15) is 18.2 Å². The van der Waals surface area contributed by atoms with Crippen molar-refractivity contribution in [2.45, 2.75) is 12.6 Å². The molecule has 2 rings (SSSR count). The number of rotatable bonds is 1. The zero-order valence-corrected chi connectivity index (χ0v) is 7.51. The van der Waals surface area contributed by atoms with E-state index >= 15 is 0 Å². The minimum atomic E-state index is -0.831. The van der Waals surface area contributed by atoms with Crippen LogP contribution in [0, 0.1) is 0 Å². The number of ether oxygens (including phenoxy) is 1. The van der Waals surface area contributed by atoms with E-state index in [1.807, 2.05) is 6.07 Å². The summed E-state index contributed by atoms with van der Waals surface area (Å²) in [6.07, 6.45) is -0.276. The van der Waals surface area contributed by atoms with Crippen molar-refractivity contribution in [2.24, 2.45) is 0 Å². The highest BCUT2D eigenvalue weighted by molar-refractivity contribution is 5.57. The third kappa shape index (κ3) is 1.46. The Morgan fingerprint density at radius 1 is 1.54 bits per heavy atom. The zero-order chi connectivity index (χ0) is 9.26. The van der Waals surface area contributed by atoms with Crippen LogP contribution in [-0.2, 0) is 0 Å². The first-order valence-electron chi connectivity index (χ1n) is 4.37. The molecule has 0 bridgehead atoms. The molecular formula is C10H12FNO. The van der Waals surface area contributed by atoms with Crippen LogP contribution in [0.4, 0.5) is 10.1 Å². The average Bonchev–Trinajstić information content (AvgIpc) is 2.18. The molecule has 1 atom stereocenters. The highest BCUT2D eigenvalue weighted by atomic mass is 19.1. The highest BCUT2D eigenvalue weighted by Crippen LogP contribution is 2.34. The molecule has 0 aromatic heterocycles. The zero-order valence-electron chi connectivity index (χ0n) is 7.51. The number of hydrogen-bond acceptors (Lipinski definition) is 2. The smallest absolute Gasteiger partial charge is 0.129 e. The van der Waals surface area contributed by atoms with Gasteiger partial charge in [0.25, 0.3) is 0 Å². The number of anilines is 1. The second-order valence-electron chi connectivity index (χ2n) is 3.14. The number of halogens is 1. The molecule has 0 saturated heterocycles. The molecule has 70 valence electrons. The van der Waals surface area contributed by atoms with E-state index in [2.05, 4.69) is 5.32 Å².